The highest BCUT2D eigenvalue weighted by atomic mass is 35.5. The zero-order chi connectivity index (χ0) is 15.0. The molecule has 1 heterocycles. The fourth-order valence-corrected chi connectivity index (χ4v) is 3.81. The lowest BCUT2D eigenvalue weighted by molar-refractivity contribution is -0.139. The van der Waals surface area contributed by atoms with Crippen LogP contribution in [0.3, 0.4) is 0 Å². The molecule has 1 aromatic carbocycles. The van der Waals surface area contributed by atoms with Crippen molar-refractivity contribution in [2.75, 3.05) is 5.32 Å². The molecular formula is C15H15ClN2O2S. The predicted molar refractivity (Wildman–Crippen MR) is 84.9 cm³/mol. The third kappa shape index (κ3) is 2.89. The molecule has 110 valence electrons. The molecule has 1 atom stereocenters. The van der Waals surface area contributed by atoms with Crippen molar-refractivity contribution in [3.05, 3.63) is 39.4 Å². The second kappa shape index (κ2) is 5.66. The Bertz CT molecular complexity index is 699. The van der Waals surface area contributed by atoms with E-state index in [1.807, 2.05) is 25.1 Å². The van der Waals surface area contributed by atoms with Crippen LogP contribution in [-0.2, 0) is 11.2 Å². The second-order valence-corrected chi connectivity index (χ2v) is 6.71. The van der Waals surface area contributed by atoms with Crippen LogP contribution in [0, 0.1) is 6.92 Å². The molecule has 0 fully saturated rings. The van der Waals surface area contributed by atoms with Gasteiger partial charge in [0.1, 0.15) is 5.92 Å². The van der Waals surface area contributed by atoms with Gasteiger partial charge in [-0.25, -0.2) is 4.98 Å². The topological polar surface area (TPSA) is 62.2 Å². The van der Waals surface area contributed by atoms with Gasteiger partial charge in [-0.05, 0) is 43.9 Å². The minimum absolute atomic E-state index is 0.471. The number of aromatic nitrogens is 1. The van der Waals surface area contributed by atoms with Crippen LogP contribution in [0.2, 0.25) is 5.02 Å². The molecule has 1 aliphatic rings. The van der Waals surface area contributed by atoms with E-state index in [0.29, 0.717) is 11.4 Å². The summed E-state index contributed by atoms with van der Waals surface area (Å²) in [6.45, 7) is 1.99. The van der Waals surface area contributed by atoms with E-state index in [1.165, 1.54) is 11.3 Å². The Labute approximate surface area is 131 Å². The number of benzene rings is 1. The maximum absolute atomic E-state index is 11.3. The average molecular weight is 323 g/mol. The highest BCUT2D eigenvalue weighted by Gasteiger charge is 2.30. The van der Waals surface area contributed by atoms with Crippen LogP contribution in [-0.4, -0.2) is 16.1 Å². The predicted octanol–water partition coefficient (Wildman–Crippen LogP) is 4.35. The zero-order valence-electron chi connectivity index (χ0n) is 11.5. The average Bonchev–Trinajstić information content (AvgIpc) is 2.84. The largest absolute Gasteiger partial charge is 0.481 e. The van der Waals surface area contributed by atoms with Crippen LogP contribution < -0.4 is 5.32 Å². The van der Waals surface area contributed by atoms with Gasteiger partial charge in [0.25, 0.3) is 0 Å². The van der Waals surface area contributed by atoms with Gasteiger partial charge in [-0.15, -0.1) is 11.3 Å². The van der Waals surface area contributed by atoms with Gasteiger partial charge in [0.15, 0.2) is 5.13 Å². The smallest absolute Gasteiger partial charge is 0.312 e. The Balaban J connectivity index is 1.91. The molecule has 6 heteroatoms. The first-order valence-electron chi connectivity index (χ1n) is 6.80. The molecule has 0 bridgehead atoms. The molecule has 0 radical (unpaired) electrons. The number of carboxylic acid groups (broad SMARTS) is 1. The molecule has 1 unspecified atom stereocenters. The van der Waals surface area contributed by atoms with E-state index >= 15 is 0 Å². The third-order valence-electron chi connectivity index (χ3n) is 3.69. The van der Waals surface area contributed by atoms with Crippen LogP contribution in [0.4, 0.5) is 10.8 Å². The lowest BCUT2D eigenvalue weighted by Gasteiger charge is -2.16. The van der Waals surface area contributed by atoms with Crippen LogP contribution >= 0.6 is 22.9 Å². The Morgan fingerprint density at radius 1 is 1.52 bits per heavy atom. The number of hydrogen-bond donors (Lipinski definition) is 2. The highest BCUT2D eigenvalue weighted by molar-refractivity contribution is 7.15. The monoisotopic (exact) mass is 322 g/mol. The first-order chi connectivity index (χ1) is 10.0. The van der Waals surface area contributed by atoms with Gasteiger partial charge >= 0.3 is 5.97 Å². The number of carbonyl (C=O) groups is 1. The summed E-state index contributed by atoms with van der Waals surface area (Å²) in [5, 5.41) is 13.9. The Kier molecular flexibility index (Phi) is 3.87. The molecule has 21 heavy (non-hydrogen) atoms. The van der Waals surface area contributed by atoms with Gasteiger partial charge in [-0.2, -0.15) is 0 Å². The van der Waals surface area contributed by atoms with E-state index in [2.05, 4.69) is 10.3 Å². The van der Waals surface area contributed by atoms with Crippen LogP contribution in [0.15, 0.2) is 18.2 Å². The Morgan fingerprint density at radius 3 is 3.10 bits per heavy atom. The molecule has 2 N–H and O–H groups in total. The van der Waals surface area contributed by atoms with Crippen LogP contribution in [0.5, 0.6) is 0 Å². The Morgan fingerprint density at radius 2 is 2.33 bits per heavy atom. The summed E-state index contributed by atoms with van der Waals surface area (Å²) >= 11 is 7.55. The van der Waals surface area contributed by atoms with Crippen molar-refractivity contribution >= 4 is 39.7 Å². The zero-order valence-corrected chi connectivity index (χ0v) is 13.1. The number of nitrogens with zero attached hydrogens (tertiary/aromatic N) is 1. The molecule has 0 aliphatic heterocycles. The normalized spacial score (nSPS) is 17.3. The number of halogens is 1. The number of anilines is 2. The first-order valence-corrected chi connectivity index (χ1v) is 7.99. The van der Waals surface area contributed by atoms with Crippen molar-refractivity contribution < 1.29 is 9.90 Å². The van der Waals surface area contributed by atoms with Crippen molar-refractivity contribution in [1.82, 2.24) is 4.98 Å². The fourth-order valence-electron chi connectivity index (χ4n) is 2.56. The van der Waals surface area contributed by atoms with Crippen molar-refractivity contribution in [3.8, 4) is 0 Å². The lowest BCUT2D eigenvalue weighted by atomic mass is 9.91. The number of nitrogens with one attached hydrogen (secondary N) is 1. The molecule has 4 nitrogen and oxygen atoms in total. The van der Waals surface area contributed by atoms with Crippen LogP contribution in [0.1, 0.15) is 34.9 Å². The maximum atomic E-state index is 11.3. The summed E-state index contributed by atoms with van der Waals surface area (Å²) in [5.41, 5.74) is 2.70. The first kappa shape index (κ1) is 14.4. The molecule has 1 aromatic heterocycles. The molecule has 3 rings (SSSR count). The summed E-state index contributed by atoms with van der Waals surface area (Å²) in [6, 6.07) is 5.64. The number of fused-ring (bicyclic) bond motifs is 1. The van der Waals surface area contributed by atoms with E-state index in [-0.39, 0.29) is 0 Å². The summed E-state index contributed by atoms with van der Waals surface area (Å²) in [5.74, 6) is -1.26. The molecule has 2 aromatic rings. The van der Waals surface area contributed by atoms with Gasteiger partial charge in [-0.1, -0.05) is 17.7 Å². The van der Waals surface area contributed by atoms with Gasteiger partial charge < -0.3 is 10.4 Å². The summed E-state index contributed by atoms with van der Waals surface area (Å²) in [4.78, 5) is 16.9. The van der Waals surface area contributed by atoms with Crippen molar-refractivity contribution in [2.45, 2.75) is 32.1 Å². The van der Waals surface area contributed by atoms with Crippen molar-refractivity contribution in [2.24, 2.45) is 0 Å². The third-order valence-corrected chi connectivity index (χ3v) is 4.98. The quantitative estimate of drug-likeness (QED) is 0.881. The molecule has 0 saturated heterocycles. The molecule has 0 amide bonds. The van der Waals surface area contributed by atoms with E-state index in [4.69, 9.17) is 11.6 Å². The number of carboxylic acids is 1. The molecule has 0 spiro atoms. The molecule has 0 saturated carbocycles. The van der Waals surface area contributed by atoms with Crippen molar-refractivity contribution in [1.29, 1.82) is 0 Å². The number of thiazole rings is 1. The molecule has 1 aliphatic carbocycles. The standard InChI is InChI=1S/C15H15ClN2O2S/c1-8-5-6-9(16)7-11(8)17-15-18-13-10(14(19)20)3-2-4-12(13)21-15/h5-7,10H,2-4H2,1H3,(H,17,18)(H,19,20). The number of hydrogen-bond acceptors (Lipinski definition) is 4. The van der Waals surface area contributed by atoms with E-state index in [9.17, 15) is 9.90 Å². The van der Waals surface area contributed by atoms with Gasteiger partial charge in [0, 0.05) is 15.6 Å². The van der Waals surface area contributed by atoms with Crippen molar-refractivity contribution in [3.63, 3.8) is 0 Å². The van der Waals surface area contributed by atoms with Gasteiger partial charge in [0.2, 0.25) is 0 Å². The second-order valence-electron chi connectivity index (χ2n) is 5.19. The SMILES string of the molecule is Cc1ccc(Cl)cc1Nc1nc2c(s1)CCCC2C(=O)O. The summed E-state index contributed by atoms with van der Waals surface area (Å²) < 4.78 is 0. The lowest BCUT2D eigenvalue weighted by Crippen LogP contribution is -2.17. The number of aliphatic carboxylic acids is 1. The van der Waals surface area contributed by atoms with Gasteiger partial charge in [0.05, 0.1) is 5.69 Å². The van der Waals surface area contributed by atoms with E-state index < -0.39 is 11.9 Å². The highest BCUT2D eigenvalue weighted by Crippen LogP contribution is 2.38. The van der Waals surface area contributed by atoms with E-state index in [1.54, 1.807) is 0 Å². The minimum atomic E-state index is -0.785. The van der Waals surface area contributed by atoms with E-state index in [0.717, 1.165) is 39.8 Å². The maximum Gasteiger partial charge on any atom is 0.312 e. The van der Waals surface area contributed by atoms with Crippen LogP contribution in [0.25, 0.3) is 0 Å². The molecular weight excluding hydrogens is 308 g/mol. The Hall–Kier alpha value is -1.59. The number of aryl methyl sites for hydroxylation is 2. The number of rotatable bonds is 3. The summed E-state index contributed by atoms with van der Waals surface area (Å²) in [7, 11) is 0. The summed E-state index contributed by atoms with van der Waals surface area (Å²) in [6.07, 6.45) is 2.48. The fraction of sp³-hybridized carbons (Fsp3) is 0.333. The van der Waals surface area contributed by atoms with Gasteiger partial charge in [-0.3, -0.25) is 4.79 Å². The minimum Gasteiger partial charge on any atom is -0.481 e.